The maximum atomic E-state index is 10.7. The number of hydrogen-bond donors (Lipinski definition) is 1. The maximum Gasteiger partial charge on any atom is 0.305 e. The van der Waals surface area contributed by atoms with Gasteiger partial charge in [-0.1, -0.05) is 29.8 Å². The Morgan fingerprint density at radius 3 is 2.75 bits per heavy atom. The van der Waals surface area contributed by atoms with Crippen LogP contribution in [-0.2, 0) is 6.54 Å². The number of anilines is 1. The summed E-state index contributed by atoms with van der Waals surface area (Å²) in [6.45, 7) is 0.412. The monoisotopic (exact) mass is 288 g/mol. The largest absolute Gasteiger partial charge is 0.366 e. The Morgan fingerprint density at radius 2 is 2.10 bits per heavy atom. The fourth-order valence-electron chi connectivity index (χ4n) is 1.61. The van der Waals surface area contributed by atoms with Crippen molar-refractivity contribution in [2.45, 2.75) is 6.54 Å². The molecule has 0 radical (unpaired) electrons. The summed E-state index contributed by atoms with van der Waals surface area (Å²) in [6.07, 6.45) is 0. The van der Waals surface area contributed by atoms with Crippen LogP contribution in [0.25, 0.3) is 0 Å². The summed E-state index contributed by atoms with van der Waals surface area (Å²) in [5.41, 5.74) is 0.336. The van der Waals surface area contributed by atoms with Gasteiger partial charge in [-0.2, -0.15) is 5.26 Å². The Morgan fingerprint density at radius 1 is 1.35 bits per heavy atom. The second kappa shape index (κ2) is 5.99. The van der Waals surface area contributed by atoms with Gasteiger partial charge in [-0.3, -0.25) is 10.1 Å². The number of aromatic nitrogens is 1. The minimum Gasteiger partial charge on any atom is -0.366 e. The summed E-state index contributed by atoms with van der Waals surface area (Å²) in [4.78, 5) is 14.0. The van der Waals surface area contributed by atoms with E-state index >= 15 is 0 Å². The van der Waals surface area contributed by atoms with Gasteiger partial charge in [0.1, 0.15) is 11.9 Å². The first-order valence-electron chi connectivity index (χ1n) is 5.64. The molecule has 0 saturated carbocycles. The minimum atomic E-state index is -0.636. The molecule has 100 valence electrons. The molecule has 0 amide bonds. The Balaban J connectivity index is 2.17. The molecule has 0 aliphatic heterocycles. The molecule has 0 bridgehead atoms. The molecule has 0 aliphatic carbocycles. The lowest BCUT2D eigenvalue weighted by molar-refractivity contribution is -0.385. The first kappa shape index (κ1) is 13.8. The normalized spacial score (nSPS) is 9.80. The van der Waals surface area contributed by atoms with E-state index in [1.165, 1.54) is 12.1 Å². The van der Waals surface area contributed by atoms with Crippen LogP contribution in [0, 0.1) is 21.4 Å². The number of pyridine rings is 1. The van der Waals surface area contributed by atoms with Crippen molar-refractivity contribution in [2.75, 3.05) is 5.32 Å². The van der Waals surface area contributed by atoms with Gasteiger partial charge in [-0.05, 0) is 17.7 Å². The van der Waals surface area contributed by atoms with Crippen molar-refractivity contribution in [1.29, 1.82) is 5.26 Å². The van der Waals surface area contributed by atoms with Gasteiger partial charge in [0.2, 0.25) is 5.69 Å². The first-order valence-corrected chi connectivity index (χ1v) is 6.02. The van der Waals surface area contributed by atoms with Crippen LogP contribution in [-0.4, -0.2) is 9.91 Å². The highest BCUT2D eigenvalue weighted by Gasteiger charge is 2.15. The number of rotatable bonds is 4. The number of halogens is 1. The highest BCUT2D eigenvalue weighted by molar-refractivity contribution is 6.31. The van der Waals surface area contributed by atoms with Gasteiger partial charge in [-0.15, -0.1) is 0 Å². The van der Waals surface area contributed by atoms with Gasteiger partial charge in [0, 0.05) is 17.6 Å². The molecule has 0 atom stereocenters. The smallest absolute Gasteiger partial charge is 0.305 e. The molecule has 2 rings (SSSR count). The summed E-state index contributed by atoms with van der Waals surface area (Å²) >= 11 is 6.01. The third-order valence-electron chi connectivity index (χ3n) is 2.59. The predicted molar refractivity (Wildman–Crippen MR) is 74.4 cm³/mol. The molecule has 0 unspecified atom stereocenters. The van der Waals surface area contributed by atoms with Crippen molar-refractivity contribution in [3.05, 3.63) is 62.8 Å². The summed E-state index contributed by atoms with van der Waals surface area (Å²) in [7, 11) is 0. The summed E-state index contributed by atoms with van der Waals surface area (Å²) in [6, 6.07) is 11.7. The van der Waals surface area contributed by atoms with E-state index in [9.17, 15) is 10.1 Å². The molecule has 0 fully saturated rings. The number of hydrogen-bond acceptors (Lipinski definition) is 5. The number of nitriles is 1. The molecular formula is C13H9ClN4O2. The first-order chi connectivity index (χ1) is 9.61. The predicted octanol–water partition coefficient (Wildman–Crippen LogP) is 3.13. The molecule has 1 N–H and O–H groups in total. The fourth-order valence-corrected chi connectivity index (χ4v) is 1.81. The van der Waals surface area contributed by atoms with Crippen LogP contribution in [0.4, 0.5) is 11.5 Å². The van der Waals surface area contributed by atoms with E-state index in [1.54, 1.807) is 12.1 Å². The van der Waals surface area contributed by atoms with Crippen molar-refractivity contribution in [3.8, 4) is 6.07 Å². The highest BCUT2D eigenvalue weighted by atomic mass is 35.5. The van der Waals surface area contributed by atoms with Gasteiger partial charge in [0.25, 0.3) is 0 Å². The van der Waals surface area contributed by atoms with Crippen LogP contribution in [0.5, 0.6) is 0 Å². The Hall–Kier alpha value is -2.65. The zero-order valence-electron chi connectivity index (χ0n) is 10.2. The SMILES string of the molecule is N#Cc1nc(NCc2ccccc2Cl)ccc1[N+](=O)[O-]. The summed E-state index contributed by atoms with van der Waals surface area (Å²) in [5, 5.41) is 23.1. The van der Waals surface area contributed by atoms with Gasteiger partial charge in [0.15, 0.2) is 0 Å². The van der Waals surface area contributed by atoms with E-state index in [0.717, 1.165) is 5.56 Å². The lowest BCUT2D eigenvalue weighted by atomic mass is 10.2. The van der Waals surface area contributed by atoms with Crippen LogP contribution >= 0.6 is 11.6 Å². The Bertz CT molecular complexity index is 697. The lowest BCUT2D eigenvalue weighted by Crippen LogP contribution is -2.04. The van der Waals surface area contributed by atoms with Crippen molar-refractivity contribution >= 4 is 23.1 Å². The third kappa shape index (κ3) is 3.02. The summed E-state index contributed by atoms with van der Waals surface area (Å²) < 4.78 is 0. The molecule has 20 heavy (non-hydrogen) atoms. The molecule has 6 nitrogen and oxygen atoms in total. The fraction of sp³-hybridized carbons (Fsp3) is 0.0769. The second-order valence-electron chi connectivity index (χ2n) is 3.88. The van der Waals surface area contributed by atoms with Crippen LogP contribution in [0.2, 0.25) is 5.02 Å². The number of benzene rings is 1. The van der Waals surface area contributed by atoms with Gasteiger partial charge in [0.05, 0.1) is 4.92 Å². The maximum absolute atomic E-state index is 10.7. The standard InChI is InChI=1S/C13H9ClN4O2/c14-10-4-2-1-3-9(10)8-16-13-6-5-12(18(19)20)11(7-15)17-13/h1-6H,8H2,(H,16,17). The van der Waals surface area contributed by atoms with E-state index in [0.29, 0.717) is 17.4 Å². The van der Waals surface area contributed by atoms with Crippen LogP contribution in [0.15, 0.2) is 36.4 Å². The Kier molecular flexibility index (Phi) is 4.13. The van der Waals surface area contributed by atoms with Crippen molar-refractivity contribution < 1.29 is 4.92 Å². The minimum absolute atomic E-state index is 0.223. The molecule has 1 aromatic heterocycles. The molecule has 2 aromatic rings. The molecule has 1 aromatic carbocycles. The lowest BCUT2D eigenvalue weighted by Gasteiger charge is -2.07. The van der Waals surface area contributed by atoms with E-state index in [-0.39, 0.29) is 11.4 Å². The number of nitrogens with zero attached hydrogens (tertiary/aromatic N) is 3. The molecule has 1 heterocycles. The van der Waals surface area contributed by atoms with Crippen LogP contribution in [0.3, 0.4) is 0 Å². The second-order valence-corrected chi connectivity index (χ2v) is 4.29. The van der Waals surface area contributed by atoms with Crippen LogP contribution < -0.4 is 5.32 Å². The van der Waals surface area contributed by atoms with Crippen molar-refractivity contribution in [1.82, 2.24) is 4.98 Å². The number of nitro groups is 1. The molecule has 0 spiro atoms. The van der Waals surface area contributed by atoms with Crippen molar-refractivity contribution in [3.63, 3.8) is 0 Å². The van der Waals surface area contributed by atoms with E-state index < -0.39 is 4.92 Å². The quantitative estimate of drug-likeness (QED) is 0.689. The van der Waals surface area contributed by atoms with E-state index in [1.807, 2.05) is 18.2 Å². The van der Waals surface area contributed by atoms with Gasteiger partial charge in [-0.25, -0.2) is 4.98 Å². The molecule has 7 heteroatoms. The summed E-state index contributed by atoms with van der Waals surface area (Å²) in [5.74, 6) is 0.382. The molecular weight excluding hydrogens is 280 g/mol. The van der Waals surface area contributed by atoms with E-state index in [4.69, 9.17) is 16.9 Å². The zero-order valence-corrected chi connectivity index (χ0v) is 11.0. The van der Waals surface area contributed by atoms with E-state index in [2.05, 4.69) is 10.3 Å². The zero-order chi connectivity index (χ0) is 14.5. The Labute approximate surface area is 119 Å². The topological polar surface area (TPSA) is 91.8 Å². The third-order valence-corrected chi connectivity index (χ3v) is 2.96. The van der Waals surface area contributed by atoms with Gasteiger partial charge < -0.3 is 5.32 Å². The molecule has 0 saturated heterocycles. The average Bonchev–Trinajstić information content (AvgIpc) is 2.46. The average molecular weight is 289 g/mol. The van der Waals surface area contributed by atoms with Gasteiger partial charge >= 0.3 is 5.69 Å². The van der Waals surface area contributed by atoms with Crippen LogP contribution in [0.1, 0.15) is 11.3 Å². The number of nitrogens with one attached hydrogen (secondary N) is 1. The highest BCUT2D eigenvalue weighted by Crippen LogP contribution is 2.20. The van der Waals surface area contributed by atoms with Crippen molar-refractivity contribution in [2.24, 2.45) is 0 Å². The molecule has 0 aliphatic rings.